The van der Waals surface area contributed by atoms with Gasteiger partial charge in [-0.2, -0.15) is 10.2 Å². The summed E-state index contributed by atoms with van der Waals surface area (Å²) in [6.07, 6.45) is 4.37. The van der Waals surface area contributed by atoms with E-state index in [-0.39, 0.29) is 12.5 Å². The Kier molecular flexibility index (Phi) is 4.22. The van der Waals surface area contributed by atoms with E-state index < -0.39 is 0 Å². The normalized spacial score (nSPS) is 10.6. The van der Waals surface area contributed by atoms with Crippen LogP contribution >= 0.6 is 0 Å². The number of methoxy groups -OCH3 is 1. The lowest BCUT2D eigenvalue weighted by Gasteiger charge is -2.00. The van der Waals surface area contributed by atoms with Gasteiger partial charge in [0.05, 0.1) is 13.3 Å². The van der Waals surface area contributed by atoms with E-state index in [1.54, 1.807) is 13.3 Å². The fourth-order valence-corrected chi connectivity index (χ4v) is 1.40. The molecule has 1 aromatic heterocycles. The quantitative estimate of drug-likeness (QED) is 0.624. The Morgan fingerprint density at radius 1 is 1.58 bits per heavy atom. The molecule has 1 amide bonds. The number of rotatable bonds is 5. The second-order valence-electron chi connectivity index (χ2n) is 3.66. The first-order chi connectivity index (χ1) is 9.28. The largest absolute Gasteiger partial charge is 0.497 e. The van der Waals surface area contributed by atoms with Crippen LogP contribution in [0.1, 0.15) is 5.56 Å². The van der Waals surface area contributed by atoms with Crippen LogP contribution < -0.4 is 10.2 Å². The minimum absolute atomic E-state index is 0.0788. The summed E-state index contributed by atoms with van der Waals surface area (Å²) in [4.78, 5) is 15.2. The van der Waals surface area contributed by atoms with Crippen molar-refractivity contribution in [3.05, 3.63) is 42.5 Å². The predicted octanol–water partition coefficient (Wildman–Crippen LogP) is 0.437. The average Bonchev–Trinajstić information content (AvgIpc) is 2.92. The zero-order chi connectivity index (χ0) is 13.5. The van der Waals surface area contributed by atoms with E-state index >= 15 is 0 Å². The van der Waals surface area contributed by atoms with Crippen LogP contribution in [0.25, 0.3) is 0 Å². The first-order valence-corrected chi connectivity index (χ1v) is 5.56. The first kappa shape index (κ1) is 12.7. The van der Waals surface area contributed by atoms with Gasteiger partial charge < -0.3 is 4.74 Å². The number of aromatic nitrogens is 3. The van der Waals surface area contributed by atoms with Crippen molar-refractivity contribution >= 4 is 12.1 Å². The van der Waals surface area contributed by atoms with Crippen LogP contribution in [0.3, 0.4) is 0 Å². The van der Waals surface area contributed by atoms with E-state index in [9.17, 15) is 4.79 Å². The summed E-state index contributed by atoms with van der Waals surface area (Å²) in [5.41, 5.74) is 3.24. The monoisotopic (exact) mass is 259 g/mol. The third-order valence-electron chi connectivity index (χ3n) is 2.27. The van der Waals surface area contributed by atoms with Crippen LogP contribution in [0.4, 0.5) is 0 Å². The molecule has 1 N–H and O–H groups in total. The van der Waals surface area contributed by atoms with Crippen LogP contribution in [0.15, 0.2) is 42.0 Å². The van der Waals surface area contributed by atoms with Gasteiger partial charge in [0.15, 0.2) is 0 Å². The molecule has 7 nitrogen and oxygen atoms in total. The second-order valence-corrected chi connectivity index (χ2v) is 3.66. The zero-order valence-electron chi connectivity index (χ0n) is 10.4. The number of hydrazone groups is 1. The van der Waals surface area contributed by atoms with Crippen molar-refractivity contribution in [1.82, 2.24) is 20.2 Å². The van der Waals surface area contributed by atoms with Gasteiger partial charge in [-0.3, -0.25) is 4.79 Å². The van der Waals surface area contributed by atoms with E-state index in [2.05, 4.69) is 20.6 Å². The SMILES string of the molecule is COc1cccc(/C=N\NC(=O)Cn2cncn2)c1. The van der Waals surface area contributed by atoms with Crippen LogP contribution in [0.5, 0.6) is 5.75 Å². The number of ether oxygens (including phenoxy) is 1. The standard InChI is InChI=1S/C12H13N5O2/c1-19-11-4-2-3-10(5-11)6-14-16-12(18)7-17-9-13-8-15-17/h2-6,8-9H,7H2,1H3,(H,16,18)/b14-6-. The lowest BCUT2D eigenvalue weighted by atomic mass is 10.2. The number of benzene rings is 1. The highest BCUT2D eigenvalue weighted by atomic mass is 16.5. The molecule has 0 spiro atoms. The van der Waals surface area contributed by atoms with E-state index in [1.807, 2.05) is 24.3 Å². The van der Waals surface area contributed by atoms with Gasteiger partial charge in [0, 0.05) is 0 Å². The summed E-state index contributed by atoms with van der Waals surface area (Å²) >= 11 is 0. The summed E-state index contributed by atoms with van der Waals surface area (Å²) in [6.45, 7) is 0.0788. The minimum Gasteiger partial charge on any atom is -0.497 e. The van der Waals surface area contributed by atoms with Crippen molar-refractivity contribution in [2.24, 2.45) is 5.10 Å². The minimum atomic E-state index is -0.273. The van der Waals surface area contributed by atoms with Crippen molar-refractivity contribution < 1.29 is 9.53 Å². The van der Waals surface area contributed by atoms with Gasteiger partial charge in [-0.15, -0.1) is 0 Å². The van der Waals surface area contributed by atoms with Gasteiger partial charge in [0.25, 0.3) is 5.91 Å². The van der Waals surface area contributed by atoms with Crippen molar-refractivity contribution in [3.8, 4) is 5.75 Å². The Balaban J connectivity index is 1.87. The highest BCUT2D eigenvalue weighted by Gasteiger charge is 2.00. The van der Waals surface area contributed by atoms with Crippen molar-refractivity contribution in [1.29, 1.82) is 0 Å². The van der Waals surface area contributed by atoms with Crippen LogP contribution in [-0.2, 0) is 11.3 Å². The number of amides is 1. The second kappa shape index (κ2) is 6.29. The number of hydrogen-bond acceptors (Lipinski definition) is 5. The number of hydrogen-bond donors (Lipinski definition) is 1. The Morgan fingerprint density at radius 2 is 2.47 bits per heavy atom. The molecule has 0 saturated carbocycles. The van der Waals surface area contributed by atoms with E-state index in [4.69, 9.17) is 4.74 Å². The number of nitrogens with one attached hydrogen (secondary N) is 1. The molecule has 1 aromatic carbocycles. The summed E-state index contributed by atoms with van der Waals surface area (Å²) in [7, 11) is 1.59. The van der Waals surface area contributed by atoms with E-state index in [0.717, 1.165) is 11.3 Å². The van der Waals surface area contributed by atoms with Gasteiger partial charge in [-0.1, -0.05) is 12.1 Å². The molecule has 0 saturated heterocycles. The zero-order valence-corrected chi connectivity index (χ0v) is 10.4. The topological polar surface area (TPSA) is 81.4 Å². The molecule has 0 aliphatic heterocycles. The first-order valence-electron chi connectivity index (χ1n) is 5.56. The van der Waals surface area contributed by atoms with Crippen LogP contribution in [0, 0.1) is 0 Å². The number of carbonyl (C=O) groups is 1. The van der Waals surface area contributed by atoms with Crippen molar-refractivity contribution in [2.45, 2.75) is 6.54 Å². The Hall–Kier alpha value is -2.70. The van der Waals surface area contributed by atoms with Gasteiger partial charge in [-0.25, -0.2) is 15.1 Å². The third-order valence-corrected chi connectivity index (χ3v) is 2.27. The van der Waals surface area contributed by atoms with Gasteiger partial charge >= 0.3 is 0 Å². The Morgan fingerprint density at radius 3 is 3.21 bits per heavy atom. The lowest BCUT2D eigenvalue weighted by Crippen LogP contribution is -2.23. The predicted molar refractivity (Wildman–Crippen MR) is 68.8 cm³/mol. The molecule has 0 bridgehead atoms. The highest BCUT2D eigenvalue weighted by molar-refractivity contribution is 5.82. The number of nitrogens with zero attached hydrogens (tertiary/aromatic N) is 4. The third kappa shape index (κ3) is 3.91. The van der Waals surface area contributed by atoms with E-state index in [1.165, 1.54) is 17.3 Å². The molecule has 2 aromatic rings. The van der Waals surface area contributed by atoms with Crippen molar-refractivity contribution in [3.63, 3.8) is 0 Å². The molecular weight excluding hydrogens is 246 g/mol. The summed E-state index contributed by atoms with van der Waals surface area (Å²) in [5.74, 6) is 0.461. The van der Waals surface area contributed by atoms with Gasteiger partial charge in [-0.05, 0) is 17.7 Å². The highest BCUT2D eigenvalue weighted by Crippen LogP contribution is 2.10. The summed E-state index contributed by atoms with van der Waals surface area (Å²) in [5, 5.41) is 7.68. The smallest absolute Gasteiger partial charge is 0.261 e. The molecule has 0 fully saturated rings. The maximum Gasteiger partial charge on any atom is 0.261 e. The molecule has 0 aliphatic rings. The molecule has 0 unspecified atom stereocenters. The van der Waals surface area contributed by atoms with E-state index in [0.29, 0.717) is 0 Å². The Bertz CT molecular complexity index is 565. The van der Waals surface area contributed by atoms with Crippen molar-refractivity contribution in [2.75, 3.05) is 7.11 Å². The molecular formula is C12H13N5O2. The fourth-order valence-electron chi connectivity index (χ4n) is 1.40. The van der Waals surface area contributed by atoms with Crippen LogP contribution in [0.2, 0.25) is 0 Å². The van der Waals surface area contributed by atoms with Gasteiger partial charge in [0.2, 0.25) is 0 Å². The molecule has 19 heavy (non-hydrogen) atoms. The maximum absolute atomic E-state index is 11.5. The molecule has 0 atom stereocenters. The number of carbonyl (C=O) groups excluding carboxylic acids is 1. The lowest BCUT2D eigenvalue weighted by molar-refractivity contribution is -0.121. The fraction of sp³-hybridized carbons (Fsp3) is 0.167. The summed E-state index contributed by atoms with van der Waals surface area (Å²) in [6, 6.07) is 7.35. The maximum atomic E-state index is 11.5. The molecule has 98 valence electrons. The molecule has 1 heterocycles. The molecule has 0 aliphatic carbocycles. The molecule has 7 heteroatoms. The Labute approximate surface area is 109 Å². The molecule has 0 radical (unpaired) electrons. The summed E-state index contributed by atoms with van der Waals surface area (Å²) < 4.78 is 6.50. The molecule has 2 rings (SSSR count). The van der Waals surface area contributed by atoms with Gasteiger partial charge in [0.1, 0.15) is 24.9 Å². The average molecular weight is 259 g/mol. The van der Waals surface area contributed by atoms with Crippen LogP contribution in [-0.4, -0.2) is 34.0 Å².